The molecular weight excluding hydrogens is 361 g/mol. The molecule has 8 heteroatoms. The van der Waals surface area contributed by atoms with E-state index < -0.39 is 0 Å². The van der Waals surface area contributed by atoms with Crippen molar-refractivity contribution in [1.29, 1.82) is 0 Å². The van der Waals surface area contributed by atoms with Crippen molar-refractivity contribution in [2.45, 2.75) is 13.8 Å². The van der Waals surface area contributed by atoms with Crippen LogP contribution in [0.5, 0.6) is 0 Å². The summed E-state index contributed by atoms with van der Waals surface area (Å²) in [6, 6.07) is 5.67. The van der Waals surface area contributed by atoms with Crippen LogP contribution in [0.2, 0.25) is 0 Å². The molecule has 0 saturated carbocycles. The van der Waals surface area contributed by atoms with Gasteiger partial charge in [0.2, 0.25) is 0 Å². The first-order valence-electron chi connectivity index (χ1n) is 7.49. The average Bonchev–Trinajstić information content (AvgIpc) is 2.60. The maximum absolute atomic E-state index is 11.7. The van der Waals surface area contributed by atoms with E-state index in [1.54, 1.807) is 11.1 Å². The second kappa shape index (κ2) is 8.64. The van der Waals surface area contributed by atoms with E-state index in [4.69, 9.17) is 4.74 Å². The van der Waals surface area contributed by atoms with Gasteiger partial charge in [-0.2, -0.15) is 0 Å². The summed E-state index contributed by atoms with van der Waals surface area (Å²) in [6.45, 7) is 6.70. The molecule has 0 N–H and O–H groups in total. The molecule has 0 bridgehead atoms. The summed E-state index contributed by atoms with van der Waals surface area (Å²) in [4.78, 5) is 19.7. The van der Waals surface area contributed by atoms with Gasteiger partial charge in [0, 0.05) is 0 Å². The Kier molecular flexibility index (Phi) is 6.55. The number of hydrogen-bond acceptors (Lipinski definition) is 5. The van der Waals surface area contributed by atoms with Crippen LogP contribution >= 0.6 is 0 Å². The van der Waals surface area contributed by atoms with Crippen molar-refractivity contribution < 1.29 is 9.53 Å². The Morgan fingerprint density at radius 3 is 2.57 bits per heavy atom. The molecule has 0 aliphatic carbocycles. The molecule has 1 fully saturated rings. The van der Waals surface area contributed by atoms with E-state index in [0.29, 0.717) is 37.5 Å². The summed E-state index contributed by atoms with van der Waals surface area (Å²) in [5.41, 5.74) is 1.56. The zero-order chi connectivity index (χ0) is 16.7. The Bertz CT molecular complexity index is 583. The van der Waals surface area contributed by atoms with Crippen LogP contribution in [0, 0.1) is 0 Å². The molecule has 23 heavy (non-hydrogen) atoms. The van der Waals surface area contributed by atoms with Gasteiger partial charge in [-0.05, 0) is 0 Å². The van der Waals surface area contributed by atoms with Crippen LogP contribution in [-0.2, 0) is 4.74 Å². The quantitative estimate of drug-likeness (QED) is 0.340. The Balaban J connectivity index is 1.92. The van der Waals surface area contributed by atoms with E-state index in [2.05, 4.69) is 36.1 Å². The van der Waals surface area contributed by atoms with Crippen LogP contribution in [0.25, 0.3) is 0 Å². The number of ether oxygens (including phenoxy) is 1. The third-order valence-electron chi connectivity index (χ3n) is 3.40. The molecule has 2 heterocycles. The van der Waals surface area contributed by atoms with Crippen molar-refractivity contribution in [3.05, 3.63) is 30.1 Å². The Hall–Kier alpha value is -1.92. The van der Waals surface area contributed by atoms with Gasteiger partial charge in [0.1, 0.15) is 0 Å². The number of aromatic nitrogens is 1. The van der Waals surface area contributed by atoms with Crippen molar-refractivity contribution in [3.63, 3.8) is 0 Å². The summed E-state index contributed by atoms with van der Waals surface area (Å²) >= 11 is 2.94. The Labute approximate surface area is 144 Å². The van der Waals surface area contributed by atoms with Crippen molar-refractivity contribution in [3.8, 4) is 0 Å². The van der Waals surface area contributed by atoms with Gasteiger partial charge in [-0.1, -0.05) is 0 Å². The van der Waals surface area contributed by atoms with Gasteiger partial charge in [0.05, 0.1) is 0 Å². The van der Waals surface area contributed by atoms with Crippen LogP contribution in [0.15, 0.2) is 34.6 Å². The number of amides is 1. The number of nitrogens with zero attached hydrogens (tertiary/aromatic N) is 5. The number of piperazine rings is 1. The fourth-order valence-corrected chi connectivity index (χ4v) is 2.57. The minimum absolute atomic E-state index is 0.255. The molecule has 123 valence electrons. The third kappa shape index (κ3) is 5.04. The summed E-state index contributed by atoms with van der Waals surface area (Å²) in [5, 5.41) is 8.45. The normalized spacial score (nSPS) is 16.4. The Morgan fingerprint density at radius 2 is 1.96 bits per heavy atom. The Morgan fingerprint density at radius 1 is 1.26 bits per heavy atom. The van der Waals surface area contributed by atoms with Gasteiger partial charge >= 0.3 is 144 Å². The topological polar surface area (TPSA) is 70.4 Å². The number of carbonyl (C=O) groups is 1. The zero-order valence-electron chi connectivity index (χ0n) is 13.3. The molecule has 0 unspecified atom stereocenters. The van der Waals surface area contributed by atoms with E-state index in [9.17, 15) is 4.79 Å². The molecule has 1 radical (unpaired) electrons. The maximum atomic E-state index is 11.7. The van der Waals surface area contributed by atoms with Gasteiger partial charge in [-0.3, -0.25) is 0 Å². The standard InChI is InChI=1S/C15H20N5O2Se/c1-3-22-15(21)20-10-8-19(9-11-20)14(23)18-17-12(2)13-6-4-5-7-16-13/h4-7H,3,8-11H2,1-2H3. The average molecular weight is 381 g/mol. The fourth-order valence-electron chi connectivity index (χ4n) is 2.10. The molecule has 1 aliphatic rings. The number of pyridine rings is 1. The first-order chi connectivity index (χ1) is 11.1. The predicted molar refractivity (Wildman–Crippen MR) is 89.8 cm³/mol. The molecule has 1 aromatic rings. The zero-order valence-corrected chi connectivity index (χ0v) is 15.0. The molecule has 7 nitrogen and oxygen atoms in total. The number of hydrogen-bond donors (Lipinski definition) is 0. The molecule has 1 aromatic heterocycles. The monoisotopic (exact) mass is 382 g/mol. The van der Waals surface area contributed by atoms with Crippen LogP contribution in [0.4, 0.5) is 4.79 Å². The summed E-state index contributed by atoms with van der Waals surface area (Å²) in [6.07, 6.45) is 1.47. The van der Waals surface area contributed by atoms with Gasteiger partial charge in [-0.15, -0.1) is 0 Å². The molecule has 0 aromatic carbocycles. The van der Waals surface area contributed by atoms with Crippen LogP contribution in [0.3, 0.4) is 0 Å². The van der Waals surface area contributed by atoms with Crippen molar-refractivity contribution in [2.75, 3.05) is 32.8 Å². The minimum atomic E-state index is -0.255. The molecule has 0 spiro atoms. The fraction of sp³-hybridized carbons (Fsp3) is 0.467. The second-order valence-electron chi connectivity index (χ2n) is 4.96. The molecule has 0 atom stereocenters. The van der Waals surface area contributed by atoms with Crippen molar-refractivity contribution >= 4 is 32.6 Å². The molecule has 1 aliphatic heterocycles. The third-order valence-corrected chi connectivity index (χ3v) is 4.11. The van der Waals surface area contributed by atoms with E-state index >= 15 is 0 Å². The summed E-state index contributed by atoms with van der Waals surface area (Å²) in [5.74, 6) is 0. The predicted octanol–water partition coefficient (Wildman–Crippen LogP) is 1.10. The van der Waals surface area contributed by atoms with Gasteiger partial charge in [-0.25, -0.2) is 0 Å². The van der Waals surface area contributed by atoms with E-state index in [1.807, 2.05) is 32.0 Å². The van der Waals surface area contributed by atoms with E-state index in [-0.39, 0.29) is 6.09 Å². The molecule has 1 amide bonds. The first-order valence-corrected chi connectivity index (χ1v) is 8.34. The van der Waals surface area contributed by atoms with Gasteiger partial charge in [0.15, 0.2) is 0 Å². The van der Waals surface area contributed by atoms with Crippen molar-refractivity contribution in [2.24, 2.45) is 10.2 Å². The van der Waals surface area contributed by atoms with Crippen molar-refractivity contribution in [1.82, 2.24) is 14.8 Å². The number of amidine groups is 1. The second-order valence-corrected chi connectivity index (χ2v) is 5.72. The van der Waals surface area contributed by atoms with Gasteiger partial charge < -0.3 is 0 Å². The van der Waals surface area contributed by atoms with Crippen LogP contribution in [0.1, 0.15) is 19.5 Å². The van der Waals surface area contributed by atoms with Crippen LogP contribution < -0.4 is 0 Å². The van der Waals surface area contributed by atoms with E-state index in [0.717, 1.165) is 11.4 Å². The van der Waals surface area contributed by atoms with E-state index in [1.165, 1.54) is 0 Å². The number of carbonyl (C=O) groups excluding carboxylic acids is 1. The summed E-state index contributed by atoms with van der Waals surface area (Å²) < 4.78 is 5.72. The summed E-state index contributed by atoms with van der Waals surface area (Å²) in [7, 11) is 0. The SMILES string of the molecule is CCOC(=O)N1CCN(C([Se])=NN=C(C)c2ccccn2)CC1. The first kappa shape index (κ1) is 17.4. The molecule has 2 rings (SSSR count). The molecular formula is C15H20N5O2Se. The number of rotatable bonds is 3. The molecule has 1 saturated heterocycles. The van der Waals surface area contributed by atoms with Gasteiger partial charge in [0.25, 0.3) is 0 Å². The van der Waals surface area contributed by atoms with Crippen LogP contribution in [-0.4, -0.2) is 80.1 Å².